The minimum absolute atomic E-state index is 0.0379. The summed E-state index contributed by atoms with van der Waals surface area (Å²) in [6, 6.07) is 17.1. The van der Waals surface area contributed by atoms with E-state index < -0.39 is 5.66 Å². The number of amides is 2. The Balaban J connectivity index is 1.51. The highest BCUT2D eigenvalue weighted by atomic mass is 35.5. The topological polar surface area (TPSA) is 52.7 Å². The van der Waals surface area contributed by atoms with Gasteiger partial charge in [-0.2, -0.15) is 0 Å². The second kappa shape index (κ2) is 9.63. The average Bonchev–Trinajstić information content (AvgIpc) is 3.05. The van der Waals surface area contributed by atoms with Crippen LogP contribution in [0.25, 0.3) is 0 Å². The molecule has 2 atom stereocenters. The largest absolute Gasteiger partial charge is 0.338 e. The van der Waals surface area contributed by atoms with Crippen molar-refractivity contribution in [2.24, 2.45) is 5.92 Å². The van der Waals surface area contributed by atoms with Crippen LogP contribution in [0.4, 0.5) is 0 Å². The Bertz CT molecular complexity index is 957. The highest BCUT2D eigenvalue weighted by Crippen LogP contribution is 2.35. The van der Waals surface area contributed by atoms with Crippen molar-refractivity contribution >= 4 is 23.4 Å². The molecule has 4 rings (SSSR count). The first-order valence-corrected chi connectivity index (χ1v) is 12.0. The van der Waals surface area contributed by atoms with Crippen molar-refractivity contribution < 1.29 is 9.59 Å². The lowest BCUT2D eigenvalue weighted by Crippen LogP contribution is -2.60. The second-order valence-corrected chi connectivity index (χ2v) is 9.56. The Kier molecular flexibility index (Phi) is 6.87. The van der Waals surface area contributed by atoms with Crippen LogP contribution in [0.15, 0.2) is 54.6 Å². The third kappa shape index (κ3) is 4.55. The van der Waals surface area contributed by atoms with Gasteiger partial charge in [0.25, 0.3) is 5.91 Å². The predicted octanol–water partition coefficient (Wildman–Crippen LogP) is 4.36. The molecule has 0 aliphatic carbocycles. The number of halogens is 1. The van der Waals surface area contributed by atoms with E-state index in [0.717, 1.165) is 31.4 Å². The average molecular weight is 454 g/mol. The zero-order valence-corrected chi connectivity index (χ0v) is 19.6. The molecule has 2 aromatic rings. The molecule has 1 N–H and O–H groups in total. The number of carbonyl (C=O) groups excluding carboxylic acids is 2. The number of piperidine rings is 1. The highest BCUT2D eigenvalue weighted by Gasteiger charge is 2.51. The number of nitrogens with zero attached hydrogens (tertiary/aromatic N) is 2. The maximum absolute atomic E-state index is 13.5. The molecule has 0 unspecified atom stereocenters. The van der Waals surface area contributed by atoms with E-state index in [1.54, 1.807) is 12.1 Å². The zero-order valence-electron chi connectivity index (χ0n) is 18.9. The molecule has 5 nitrogen and oxygen atoms in total. The van der Waals surface area contributed by atoms with E-state index in [4.69, 9.17) is 11.6 Å². The van der Waals surface area contributed by atoms with E-state index in [9.17, 15) is 9.59 Å². The van der Waals surface area contributed by atoms with Crippen LogP contribution >= 0.6 is 11.6 Å². The first kappa shape index (κ1) is 22.8. The molecule has 32 heavy (non-hydrogen) atoms. The molecule has 2 saturated heterocycles. The molecule has 2 amide bonds. The minimum atomic E-state index is -0.392. The molecule has 1 spiro atoms. The lowest BCUT2D eigenvalue weighted by molar-refractivity contribution is -0.134. The summed E-state index contributed by atoms with van der Waals surface area (Å²) in [5.74, 6) is 0.569. The molecule has 2 aliphatic heterocycles. The van der Waals surface area contributed by atoms with Gasteiger partial charge in [0.1, 0.15) is 0 Å². The van der Waals surface area contributed by atoms with Crippen molar-refractivity contribution in [3.63, 3.8) is 0 Å². The summed E-state index contributed by atoms with van der Waals surface area (Å²) in [4.78, 5) is 30.5. The summed E-state index contributed by atoms with van der Waals surface area (Å²) in [6.45, 7) is 6.30. The van der Waals surface area contributed by atoms with Gasteiger partial charge in [0.15, 0.2) is 0 Å². The summed E-state index contributed by atoms with van der Waals surface area (Å²) >= 11 is 6.26. The van der Waals surface area contributed by atoms with Gasteiger partial charge in [0.2, 0.25) is 5.91 Å². The standard InChI is InChI=1S/C26H32ClN3O2/c1-3-19(2)18-30-25(32)23(17-20-9-5-4-6-10-20)28-26(30)13-15-29(16-14-26)24(31)21-11-7-8-12-22(21)27/h4-12,19,23,28H,3,13-18H2,1-2H3/t19-,23+/m0/s1. The molecule has 0 saturated carbocycles. The first-order chi connectivity index (χ1) is 15.4. The van der Waals surface area contributed by atoms with Crippen molar-refractivity contribution in [3.05, 3.63) is 70.7 Å². The normalized spacial score (nSPS) is 21.2. The van der Waals surface area contributed by atoms with Gasteiger partial charge in [-0.15, -0.1) is 0 Å². The van der Waals surface area contributed by atoms with Crippen LogP contribution in [0.5, 0.6) is 0 Å². The third-order valence-electron chi connectivity index (χ3n) is 6.98. The number of rotatable bonds is 6. The number of carbonyl (C=O) groups is 2. The van der Waals surface area contributed by atoms with Crippen LogP contribution in [0.1, 0.15) is 49.0 Å². The zero-order chi connectivity index (χ0) is 22.7. The van der Waals surface area contributed by atoms with E-state index in [1.165, 1.54) is 0 Å². The smallest absolute Gasteiger partial charge is 0.255 e. The molecule has 2 fully saturated rings. The molecule has 6 heteroatoms. The SMILES string of the molecule is CC[C@H](C)CN1C(=O)[C@@H](Cc2ccccc2)NC12CCN(C(=O)c1ccccc1Cl)CC2. The molecule has 170 valence electrons. The summed E-state index contributed by atoms with van der Waals surface area (Å²) < 4.78 is 0. The van der Waals surface area contributed by atoms with E-state index in [2.05, 4.69) is 36.2 Å². The van der Waals surface area contributed by atoms with Crippen molar-refractivity contribution in [1.82, 2.24) is 15.1 Å². The first-order valence-electron chi connectivity index (χ1n) is 11.6. The van der Waals surface area contributed by atoms with Gasteiger partial charge in [-0.25, -0.2) is 0 Å². The quantitative estimate of drug-likeness (QED) is 0.706. The molecule has 2 heterocycles. The Morgan fingerprint density at radius 2 is 1.78 bits per heavy atom. The Morgan fingerprint density at radius 1 is 1.12 bits per heavy atom. The molecule has 0 radical (unpaired) electrons. The number of hydrogen-bond donors (Lipinski definition) is 1. The minimum Gasteiger partial charge on any atom is -0.338 e. The highest BCUT2D eigenvalue weighted by molar-refractivity contribution is 6.33. The molecule has 0 aromatic heterocycles. The van der Waals surface area contributed by atoms with Crippen LogP contribution in [-0.4, -0.2) is 53.0 Å². The monoisotopic (exact) mass is 453 g/mol. The van der Waals surface area contributed by atoms with Gasteiger partial charge in [-0.05, 0) is 30.0 Å². The number of nitrogens with one attached hydrogen (secondary N) is 1. The molecular formula is C26H32ClN3O2. The lowest BCUT2D eigenvalue weighted by atomic mass is 9.94. The maximum atomic E-state index is 13.5. The summed E-state index contributed by atoms with van der Waals surface area (Å²) in [5.41, 5.74) is 1.31. The van der Waals surface area contributed by atoms with Gasteiger partial charge < -0.3 is 9.80 Å². The Morgan fingerprint density at radius 3 is 2.44 bits per heavy atom. The summed E-state index contributed by atoms with van der Waals surface area (Å²) in [5, 5.41) is 4.19. The maximum Gasteiger partial charge on any atom is 0.255 e. The fourth-order valence-electron chi connectivity index (χ4n) is 4.86. The van der Waals surface area contributed by atoms with Gasteiger partial charge in [-0.3, -0.25) is 14.9 Å². The van der Waals surface area contributed by atoms with Crippen LogP contribution in [0.2, 0.25) is 5.02 Å². The second-order valence-electron chi connectivity index (χ2n) is 9.15. The Hall–Kier alpha value is -2.37. The van der Waals surface area contributed by atoms with Crippen LogP contribution in [-0.2, 0) is 11.2 Å². The molecular weight excluding hydrogens is 422 g/mol. The molecule has 2 aliphatic rings. The summed E-state index contributed by atoms with van der Waals surface area (Å²) in [6.07, 6.45) is 3.15. The molecule has 0 bridgehead atoms. The van der Waals surface area contributed by atoms with Gasteiger partial charge >= 0.3 is 0 Å². The number of benzene rings is 2. The van der Waals surface area contributed by atoms with Crippen LogP contribution < -0.4 is 5.32 Å². The van der Waals surface area contributed by atoms with E-state index in [1.807, 2.05) is 35.2 Å². The third-order valence-corrected chi connectivity index (χ3v) is 7.31. The van der Waals surface area contributed by atoms with Gasteiger partial charge in [0.05, 0.1) is 22.3 Å². The van der Waals surface area contributed by atoms with Crippen LogP contribution in [0.3, 0.4) is 0 Å². The molecule has 2 aromatic carbocycles. The fourth-order valence-corrected chi connectivity index (χ4v) is 5.07. The van der Waals surface area contributed by atoms with Crippen LogP contribution in [0, 0.1) is 5.92 Å². The van der Waals surface area contributed by atoms with Crippen molar-refractivity contribution in [1.29, 1.82) is 0 Å². The predicted molar refractivity (Wildman–Crippen MR) is 128 cm³/mol. The Labute approximate surface area is 195 Å². The van der Waals surface area contributed by atoms with E-state index in [-0.39, 0.29) is 17.9 Å². The van der Waals surface area contributed by atoms with Gasteiger partial charge in [0, 0.05) is 32.5 Å². The fraction of sp³-hybridized carbons (Fsp3) is 0.462. The lowest BCUT2D eigenvalue weighted by Gasteiger charge is -2.45. The van der Waals surface area contributed by atoms with Crippen molar-refractivity contribution in [2.75, 3.05) is 19.6 Å². The van der Waals surface area contributed by atoms with Gasteiger partial charge in [-0.1, -0.05) is 74.3 Å². The van der Waals surface area contributed by atoms with Crippen molar-refractivity contribution in [3.8, 4) is 0 Å². The van der Waals surface area contributed by atoms with E-state index >= 15 is 0 Å². The van der Waals surface area contributed by atoms with E-state index in [0.29, 0.717) is 36.0 Å². The van der Waals surface area contributed by atoms with Crippen molar-refractivity contribution in [2.45, 2.75) is 51.2 Å². The summed E-state index contributed by atoms with van der Waals surface area (Å²) in [7, 11) is 0. The number of hydrogen-bond acceptors (Lipinski definition) is 3. The number of likely N-dealkylation sites (tertiary alicyclic amines) is 1.